The molecule has 3 nitrogen and oxygen atoms in total. The van der Waals surface area contributed by atoms with Gasteiger partial charge in [-0.25, -0.2) is 0 Å². The summed E-state index contributed by atoms with van der Waals surface area (Å²) < 4.78 is 5.37. The number of furan rings is 1. The van der Waals surface area contributed by atoms with E-state index in [1.54, 1.807) is 6.26 Å². The molecule has 3 rings (SSSR count). The van der Waals surface area contributed by atoms with Crippen LogP contribution in [0.5, 0.6) is 0 Å². The molecule has 0 aliphatic heterocycles. The zero-order valence-corrected chi connectivity index (χ0v) is 7.82. The normalized spacial score (nSPS) is 34.1. The summed E-state index contributed by atoms with van der Waals surface area (Å²) in [6, 6.07) is 1.96. The Bertz CT molecular complexity index is 393. The van der Waals surface area contributed by atoms with Crippen molar-refractivity contribution in [3.05, 3.63) is 23.7 Å². The molecule has 0 bridgehead atoms. The number of hydrogen-bond acceptors (Lipinski definition) is 2. The first-order valence-corrected chi connectivity index (χ1v) is 5.04. The van der Waals surface area contributed by atoms with Crippen LogP contribution in [0.1, 0.15) is 30.6 Å². The van der Waals surface area contributed by atoms with Crippen LogP contribution in [-0.2, 0) is 16.6 Å². The summed E-state index contributed by atoms with van der Waals surface area (Å²) in [6.45, 7) is 0. The molecule has 2 aliphatic carbocycles. The lowest BCUT2D eigenvalue weighted by Crippen LogP contribution is -2.19. The molecule has 1 spiro atoms. The Morgan fingerprint density at radius 3 is 3.21 bits per heavy atom. The third kappa shape index (κ3) is 0.846. The van der Waals surface area contributed by atoms with Gasteiger partial charge in [0.15, 0.2) is 0 Å². The monoisotopic (exact) mass is 192 g/mol. The van der Waals surface area contributed by atoms with Crippen LogP contribution in [0.4, 0.5) is 0 Å². The highest BCUT2D eigenvalue weighted by atomic mass is 16.4. The Hall–Kier alpha value is -1.25. The number of aryl methyl sites for hydroxylation is 1. The van der Waals surface area contributed by atoms with Crippen LogP contribution >= 0.6 is 0 Å². The molecule has 14 heavy (non-hydrogen) atoms. The molecule has 0 saturated heterocycles. The van der Waals surface area contributed by atoms with Crippen LogP contribution in [0.25, 0.3) is 0 Å². The van der Waals surface area contributed by atoms with Gasteiger partial charge in [-0.2, -0.15) is 0 Å². The smallest absolute Gasteiger partial charge is 0.307 e. The maximum Gasteiger partial charge on any atom is 0.307 e. The Balaban J connectivity index is 2.02. The Morgan fingerprint density at radius 2 is 2.50 bits per heavy atom. The van der Waals surface area contributed by atoms with E-state index in [2.05, 4.69) is 0 Å². The number of carboxylic acid groups (broad SMARTS) is 1. The number of hydrogen-bond donors (Lipinski definition) is 1. The van der Waals surface area contributed by atoms with Crippen LogP contribution < -0.4 is 0 Å². The molecule has 1 saturated carbocycles. The molecular formula is C11H12O3. The van der Waals surface area contributed by atoms with E-state index in [1.807, 2.05) is 6.07 Å². The predicted molar refractivity (Wildman–Crippen MR) is 49.1 cm³/mol. The van der Waals surface area contributed by atoms with Gasteiger partial charge in [0, 0.05) is 17.4 Å². The molecule has 2 unspecified atom stereocenters. The Labute approximate surface area is 81.7 Å². The van der Waals surface area contributed by atoms with E-state index in [4.69, 9.17) is 9.52 Å². The van der Waals surface area contributed by atoms with E-state index in [9.17, 15) is 4.79 Å². The Morgan fingerprint density at radius 1 is 1.64 bits per heavy atom. The van der Waals surface area contributed by atoms with Crippen LogP contribution in [0.2, 0.25) is 0 Å². The lowest BCUT2D eigenvalue weighted by Gasteiger charge is -2.21. The molecular weight excluding hydrogens is 180 g/mol. The van der Waals surface area contributed by atoms with Crippen LogP contribution in [-0.4, -0.2) is 11.1 Å². The lowest BCUT2D eigenvalue weighted by atomic mass is 9.82. The summed E-state index contributed by atoms with van der Waals surface area (Å²) in [7, 11) is 0. The summed E-state index contributed by atoms with van der Waals surface area (Å²) in [5, 5.41) is 9.00. The maximum absolute atomic E-state index is 10.9. The quantitative estimate of drug-likeness (QED) is 0.739. The van der Waals surface area contributed by atoms with Gasteiger partial charge < -0.3 is 9.52 Å². The minimum Gasteiger partial charge on any atom is -0.481 e. The van der Waals surface area contributed by atoms with Crippen LogP contribution in [0, 0.1) is 5.92 Å². The zero-order valence-electron chi connectivity index (χ0n) is 7.82. The summed E-state index contributed by atoms with van der Waals surface area (Å²) in [5.41, 5.74) is 1.10. The molecule has 0 amide bonds. The van der Waals surface area contributed by atoms with E-state index < -0.39 is 5.97 Å². The molecule has 1 heterocycles. The largest absolute Gasteiger partial charge is 0.481 e. The van der Waals surface area contributed by atoms with Gasteiger partial charge in [-0.1, -0.05) is 0 Å². The molecule has 1 aromatic rings. The summed E-state index contributed by atoms with van der Waals surface area (Å²) in [6.07, 6.45) is 5.53. The number of carbonyl (C=O) groups is 1. The fraction of sp³-hybridized carbons (Fsp3) is 0.545. The van der Waals surface area contributed by atoms with E-state index in [0.29, 0.717) is 0 Å². The lowest BCUT2D eigenvalue weighted by molar-refractivity contribution is -0.139. The molecule has 1 aromatic heterocycles. The van der Waals surface area contributed by atoms with Crippen molar-refractivity contribution in [2.24, 2.45) is 5.92 Å². The van der Waals surface area contributed by atoms with Gasteiger partial charge in [-0.05, 0) is 25.3 Å². The van der Waals surface area contributed by atoms with E-state index in [0.717, 1.165) is 37.0 Å². The maximum atomic E-state index is 10.9. The highest BCUT2D eigenvalue weighted by Gasteiger charge is 2.61. The first kappa shape index (κ1) is 8.09. The van der Waals surface area contributed by atoms with Crippen molar-refractivity contribution < 1.29 is 14.3 Å². The number of rotatable bonds is 1. The van der Waals surface area contributed by atoms with Crippen LogP contribution in [0.3, 0.4) is 0 Å². The van der Waals surface area contributed by atoms with Crippen molar-refractivity contribution >= 4 is 5.97 Å². The van der Waals surface area contributed by atoms with Gasteiger partial charge in [-0.3, -0.25) is 4.79 Å². The van der Waals surface area contributed by atoms with Crippen LogP contribution in [0.15, 0.2) is 16.7 Å². The molecule has 1 fully saturated rings. The van der Waals surface area contributed by atoms with Gasteiger partial charge in [0.2, 0.25) is 0 Å². The first-order chi connectivity index (χ1) is 6.74. The number of carboxylic acids is 1. The highest BCUT2D eigenvalue weighted by molar-refractivity contribution is 5.77. The summed E-state index contributed by atoms with van der Waals surface area (Å²) >= 11 is 0. The fourth-order valence-electron chi connectivity index (χ4n) is 2.88. The molecule has 74 valence electrons. The summed E-state index contributed by atoms with van der Waals surface area (Å²) in [4.78, 5) is 10.9. The van der Waals surface area contributed by atoms with Crippen molar-refractivity contribution in [2.75, 3.05) is 0 Å². The van der Waals surface area contributed by atoms with Gasteiger partial charge >= 0.3 is 5.97 Å². The second kappa shape index (κ2) is 2.41. The van der Waals surface area contributed by atoms with Gasteiger partial charge in [0.25, 0.3) is 0 Å². The number of fused-ring (bicyclic) bond motifs is 2. The van der Waals surface area contributed by atoms with Gasteiger partial charge in [-0.15, -0.1) is 0 Å². The molecule has 0 radical (unpaired) electrons. The predicted octanol–water partition coefficient (Wildman–Crippen LogP) is 1.96. The Kier molecular flexibility index (Phi) is 1.39. The van der Waals surface area contributed by atoms with E-state index in [-0.39, 0.29) is 11.3 Å². The summed E-state index contributed by atoms with van der Waals surface area (Å²) in [5.74, 6) is 0.193. The molecule has 0 aromatic carbocycles. The van der Waals surface area contributed by atoms with Gasteiger partial charge in [0.1, 0.15) is 5.76 Å². The SMILES string of the molecule is O=C(O)C1CC12CCCc1occc12. The van der Waals surface area contributed by atoms with E-state index >= 15 is 0 Å². The minimum absolute atomic E-state index is 0.0631. The first-order valence-electron chi connectivity index (χ1n) is 5.04. The second-order valence-electron chi connectivity index (χ2n) is 4.36. The van der Waals surface area contributed by atoms with Crippen molar-refractivity contribution in [1.29, 1.82) is 0 Å². The third-order valence-electron chi connectivity index (χ3n) is 3.68. The van der Waals surface area contributed by atoms with Crippen molar-refractivity contribution in [3.63, 3.8) is 0 Å². The molecule has 2 atom stereocenters. The molecule has 1 N–H and O–H groups in total. The molecule has 3 heteroatoms. The topological polar surface area (TPSA) is 50.4 Å². The third-order valence-corrected chi connectivity index (χ3v) is 3.68. The van der Waals surface area contributed by atoms with E-state index in [1.165, 1.54) is 0 Å². The van der Waals surface area contributed by atoms with Gasteiger partial charge in [0.05, 0.1) is 12.2 Å². The van der Waals surface area contributed by atoms with Crippen molar-refractivity contribution in [3.8, 4) is 0 Å². The van der Waals surface area contributed by atoms with Crippen molar-refractivity contribution in [1.82, 2.24) is 0 Å². The number of aliphatic carboxylic acids is 1. The average molecular weight is 192 g/mol. The minimum atomic E-state index is -0.654. The molecule has 2 aliphatic rings. The zero-order chi connectivity index (χ0) is 9.76. The second-order valence-corrected chi connectivity index (χ2v) is 4.36. The van der Waals surface area contributed by atoms with Crippen molar-refractivity contribution in [2.45, 2.75) is 31.1 Å². The highest BCUT2D eigenvalue weighted by Crippen LogP contribution is 2.60. The average Bonchev–Trinajstić information content (AvgIpc) is 2.67. The standard InChI is InChI=1S/C11H12O3/c12-10(13)8-6-11(8)4-1-2-9-7(11)3-5-14-9/h3,5,8H,1-2,4,6H2,(H,12,13). The fourth-order valence-corrected chi connectivity index (χ4v) is 2.88.